The van der Waals surface area contributed by atoms with Crippen molar-refractivity contribution in [2.24, 2.45) is 0 Å². The SMILES string of the molecule is N#Cc1cccc(C(=O)N2CCN(C(=O)C3CCC(=O)N3)CC2)c1. The monoisotopic (exact) mass is 326 g/mol. The Morgan fingerprint density at radius 1 is 1.17 bits per heavy atom. The summed E-state index contributed by atoms with van der Waals surface area (Å²) in [7, 11) is 0. The van der Waals surface area contributed by atoms with E-state index in [1.165, 1.54) is 0 Å². The minimum absolute atomic E-state index is 0.0700. The van der Waals surface area contributed by atoms with E-state index < -0.39 is 6.04 Å². The summed E-state index contributed by atoms with van der Waals surface area (Å²) in [6.45, 7) is 1.80. The highest BCUT2D eigenvalue weighted by atomic mass is 16.2. The van der Waals surface area contributed by atoms with E-state index >= 15 is 0 Å². The van der Waals surface area contributed by atoms with Gasteiger partial charge in [0.25, 0.3) is 5.91 Å². The van der Waals surface area contributed by atoms with Crippen molar-refractivity contribution in [1.82, 2.24) is 15.1 Å². The smallest absolute Gasteiger partial charge is 0.254 e. The highest BCUT2D eigenvalue weighted by Crippen LogP contribution is 2.14. The Hall–Kier alpha value is -2.88. The molecule has 24 heavy (non-hydrogen) atoms. The van der Waals surface area contributed by atoms with Gasteiger partial charge < -0.3 is 15.1 Å². The normalized spacial score (nSPS) is 20.5. The molecule has 1 atom stereocenters. The molecule has 0 bridgehead atoms. The Labute approximate surface area is 139 Å². The van der Waals surface area contributed by atoms with Gasteiger partial charge in [-0.3, -0.25) is 14.4 Å². The zero-order valence-corrected chi connectivity index (χ0v) is 13.2. The van der Waals surface area contributed by atoms with Crippen LogP contribution in [0.1, 0.15) is 28.8 Å². The second-order valence-corrected chi connectivity index (χ2v) is 5.97. The van der Waals surface area contributed by atoms with Gasteiger partial charge in [0.2, 0.25) is 11.8 Å². The van der Waals surface area contributed by atoms with Crippen LogP contribution < -0.4 is 5.32 Å². The van der Waals surface area contributed by atoms with Gasteiger partial charge in [-0.2, -0.15) is 5.26 Å². The van der Waals surface area contributed by atoms with Crippen LogP contribution in [0, 0.1) is 11.3 Å². The van der Waals surface area contributed by atoms with Gasteiger partial charge in [0, 0.05) is 38.2 Å². The predicted octanol–water partition coefficient (Wildman–Crippen LogP) is 0.121. The molecular weight excluding hydrogens is 308 g/mol. The Kier molecular flexibility index (Phi) is 4.47. The van der Waals surface area contributed by atoms with E-state index in [-0.39, 0.29) is 17.7 Å². The van der Waals surface area contributed by atoms with Crippen LogP contribution in [0.4, 0.5) is 0 Å². The molecule has 2 fully saturated rings. The lowest BCUT2D eigenvalue weighted by molar-refractivity contribution is -0.135. The summed E-state index contributed by atoms with van der Waals surface area (Å²) in [4.78, 5) is 39.5. The minimum atomic E-state index is -0.424. The van der Waals surface area contributed by atoms with Crippen LogP contribution in [0.3, 0.4) is 0 Å². The fourth-order valence-electron chi connectivity index (χ4n) is 3.05. The lowest BCUT2D eigenvalue weighted by Gasteiger charge is -2.36. The molecule has 1 N–H and O–H groups in total. The van der Waals surface area contributed by atoms with Crippen molar-refractivity contribution in [3.8, 4) is 6.07 Å². The van der Waals surface area contributed by atoms with Crippen LogP contribution >= 0.6 is 0 Å². The molecule has 7 heteroatoms. The molecule has 1 unspecified atom stereocenters. The van der Waals surface area contributed by atoms with Gasteiger partial charge in [-0.15, -0.1) is 0 Å². The second kappa shape index (κ2) is 6.71. The number of nitrogens with zero attached hydrogens (tertiary/aromatic N) is 3. The maximum absolute atomic E-state index is 12.5. The highest BCUT2D eigenvalue weighted by Gasteiger charge is 2.33. The first-order valence-corrected chi connectivity index (χ1v) is 7.96. The molecule has 1 aromatic carbocycles. The molecule has 2 heterocycles. The van der Waals surface area contributed by atoms with Gasteiger partial charge >= 0.3 is 0 Å². The molecule has 0 spiro atoms. The number of rotatable bonds is 2. The van der Waals surface area contributed by atoms with Gasteiger partial charge in [0.15, 0.2) is 0 Å². The van der Waals surface area contributed by atoms with Gasteiger partial charge in [-0.1, -0.05) is 6.07 Å². The third-order valence-electron chi connectivity index (χ3n) is 4.41. The molecule has 0 aromatic heterocycles. The van der Waals surface area contributed by atoms with E-state index in [1.807, 2.05) is 6.07 Å². The van der Waals surface area contributed by atoms with E-state index in [0.717, 1.165) is 0 Å². The maximum atomic E-state index is 12.5. The zero-order valence-electron chi connectivity index (χ0n) is 13.2. The van der Waals surface area contributed by atoms with Crippen molar-refractivity contribution < 1.29 is 14.4 Å². The van der Waals surface area contributed by atoms with Crippen molar-refractivity contribution in [1.29, 1.82) is 5.26 Å². The largest absolute Gasteiger partial charge is 0.344 e. The number of piperazine rings is 1. The van der Waals surface area contributed by atoms with Crippen LogP contribution in [0.5, 0.6) is 0 Å². The predicted molar refractivity (Wildman–Crippen MR) is 84.8 cm³/mol. The van der Waals surface area contributed by atoms with E-state index in [2.05, 4.69) is 5.32 Å². The van der Waals surface area contributed by atoms with Crippen molar-refractivity contribution in [3.05, 3.63) is 35.4 Å². The first-order valence-electron chi connectivity index (χ1n) is 7.96. The van der Waals surface area contributed by atoms with Crippen LogP contribution in [0.15, 0.2) is 24.3 Å². The van der Waals surface area contributed by atoms with Crippen LogP contribution in [0.25, 0.3) is 0 Å². The summed E-state index contributed by atoms with van der Waals surface area (Å²) in [6.07, 6.45) is 0.932. The Balaban J connectivity index is 1.58. The first-order chi connectivity index (χ1) is 11.6. The molecule has 2 aliphatic heterocycles. The lowest BCUT2D eigenvalue weighted by atomic mass is 10.1. The van der Waals surface area contributed by atoms with E-state index in [1.54, 1.807) is 34.1 Å². The summed E-state index contributed by atoms with van der Waals surface area (Å²) in [5.74, 6) is -0.285. The van der Waals surface area contributed by atoms with E-state index in [9.17, 15) is 14.4 Å². The standard InChI is InChI=1S/C17H18N4O3/c18-11-12-2-1-3-13(10-12)16(23)20-6-8-21(9-7-20)17(24)14-4-5-15(22)19-14/h1-3,10,14H,4-9H2,(H,19,22). The molecule has 3 rings (SSSR count). The van der Waals surface area contributed by atoms with Gasteiger partial charge in [0.1, 0.15) is 6.04 Å². The van der Waals surface area contributed by atoms with Crippen LogP contribution in [-0.4, -0.2) is 59.7 Å². The van der Waals surface area contributed by atoms with Gasteiger partial charge in [0.05, 0.1) is 11.6 Å². The number of nitriles is 1. The molecule has 3 amide bonds. The zero-order chi connectivity index (χ0) is 17.1. The Bertz CT molecular complexity index is 717. The Morgan fingerprint density at radius 3 is 2.50 bits per heavy atom. The van der Waals surface area contributed by atoms with Crippen molar-refractivity contribution >= 4 is 17.7 Å². The molecule has 2 aliphatic rings. The molecule has 0 saturated carbocycles. The highest BCUT2D eigenvalue weighted by molar-refractivity contribution is 5.95. The molecule has 1 aromatic rings. The number of hydrogen-bond donors (Lipinski definition) is 1. The number of nitrogens with one attached hydrogen (secondary N) is 1. The van der Waals surface area contributed by atoms with Crippen LogP contribution in [0.2, 0.25) is 0 Å². The quantitative estimate of drug-likeness (QED) is 0.835. The summed E-state index contributed by atoms with van der Waals surface area (Å²) >= 11 is 0. The second-order valence-electron chi connectivity index (χ2n) is 5.97. The number of carbonyl (C=O) groups excluding carboxylic acids is 3. The van der Waals surface area contributed by atoms with Crippen molar-refractivity contribution in [3.63, 3.8) is 0 Å². The van der Waals surface area contributed by atoms with Crippen LogP contribution in [-0.2, 0) is 9.59 Å². The average molecular weight is 326 g/mol. The minimum Gasteiger partial charge on any atom is -0.344 e. The van der Waals surface area contributed by atoms with E-state index in [4.69, 9.17) is 5.26 Å². The third kappa shape index (κ3) is 3.23. The molecule has 124 valence electrons. The molecule has 7 nitrogen and oxygen atoms in total. The van der Waals surface area contributed by atoms with Gasteiger partial charge in [-0.25, -0.2) is 0 Å². The van der Waals surface area contributed by atoms with E-state index in [0.29, 0.717) is 50.1 Å². The lowest BCUT2D eigenvalue weighted by Crippen LogP contribution is -2.54. The summed E-state index contributed by atoms with van der Waals surface area (Å²) in [5, 5.41) is 11.6. The summed E-state index contributed by atoms with van der Waals surface area (Å²) < 4.78 is 0. The summed E-state index contributed by atoms with van der Waals surface area (Å²) in [5.41, 5.74) is 0.934. The fourth-order valence-corrected chi connectivity index (χ4v) is 3.05. The van der Waals surface area contributed by atoms with Crippen molar-refractivity contribution in [2.75, 3.05) is 26.2 Å². The number of carbonyl (C=O) groups is 3. The Morgan fingerprint density at radius 2 is 1.88 bits per heavy atom. The molecule has 0 radical (unpaired) electrons. The summed E-state index contributed by atoms with van der Waals surface area (Å²) in [6, 6.07) is 8.21. The number of amides is 3. The third-order valence-corrected chi connectivity index (χ3v) is 4.41. The first kappa shape index (κ1) is 16.0. The molecular formula is C17H18N4O3. The fraction of sp³-hybridized carbons (Fsp3) is 0.412. The van der Waals surface area contributed by atoms with Crippen molar-refractivity contribution in [2.45, 2.75) is 18.9 Å². The number of benzene rings is 1. The van der Waals surface area contributed by atoms with Gasteiger partial charge in [-0.05, 0) is 24.6 Å². The topological polar surface area (TPSA) is 93.5 Å². The molecule has 2 saturated heterocycles. The number of hydrogen-bond acceptors (Lipinski definition) is 4. The maximum Gasteiger partial charge on any atom is 0.254 e. The molecule has 0 aliphatic carbocycles. The average Bonchev–Trinajstić information content (AvgIpc) is 3.07.